The molecule has 0 saturated heterocycles. The highest BCUT2D eigenvalue weighted by Gasteiger charge is 2.16. The number of ketones is 1. The number of ether oxygens (including phenoxy) is 2. The van der Waals surface area contributed by atoms with Crippen molar-refractivity contribution in [1.29, 1.82) is 0 Å². The van der Waals surface area contributed by atoms with Crippen LogP contribution in [0.5, 0.6) is 11.5 Å². The number of hydrogen-bond donors (Lipinski definition) is 0. The van der Waals surface area contributed by atoms with E-state index in [2.05, 4.69) is 28.5 Å². The number of pyridine rings is 1. The van der Waals surface area contributed by atoms with Gasteiger partial charge in [0.25, 0.3) is 0 Å². The van der Waals surface area contributed by atoms with Crippen LogP contribution >= 0.6 is 0 Å². The van der Waals surface area contributed by atoms with E-state index in [4.69, 9.17) is 9.47 Å². The van der Waals surface area contributed by atoms with Gasteiger partial charge in [-0.2, -0.15) is 0 Å². The van der Waals surface area contributed by atoms with E-state index in [1.807, 2.05) is 94.9 Å². The fourth-order valence-corrected chi connectivity index (χ4v) is 5.41. The zero-order chi connectivity index (χ0) is 32.9. The maximum absolute atomic E-state index is 13.1. The molecular formula is C40H49N2O4+. The lowest BCUT2D eigenvalue weighted by atomic mass is 9.96. The van der Waals surface area contributed by atoms with Crippen LogP contribution in [0.25, 0.3) is 0 Å². The molecule has 46 heavy (non-hydrogen) atoms. The monoisotopic (exact) mass is 621 g/mol. The quantitative estimate of drug-likeness (QED) is 0.0390. The van der Waals surface area contributed by atoms with Crippen LogP contribution in [0.15, 0.2) is 85.2 Å². The van der Waals surface area contributed by atoms with Crippen LogP contribution in [0.3, 0.4) is 0 Å². The number of aryl methyl sites for hydroxylation is 1. The van der Waals surface area contributed by atoms with E-state index in [1.165, 1.54) is 44.1 Å². The van der Waals surface area contributed by atoms with E-state index in [-0.39, 0.29) is 18.2 Å². The van der Waals surface area contributed by atoms with Gasteiger partial charge in [-0.3, -0.25) is 4.79 Å². The average molecular weight is 622 g/mol. The molecule has 0 saturated carbocycles. The zero-order valence-electron chi connectivity index (χ0n) is 28.2. The number of aromatic nitrogens is 1. The minimum absolute atomic E-state index is 0.0244. The lowest BCUT2D eigenvalue weighted by Gasteiger charge is -2.14. The molecule has 0 aliphatic heterocycles. The van der Waals surface area contributed by atoms with E-state index in [0.717, 1.165) is 41.1 Å². The molecule has 242 valence electrons. The van der Waals surface area contributed by atoms with Crippen LogP contribution < -0.4 is 18.9 Å². The topological polar surface area (TPSA) is 59.7 Å². The number of benzene rings is 3. The van der Waals surface area contributed by atoms with Crippen molar-refractivity contribution >= 4 is 17.4 Å². The molecule has 1 heterocycles. The molecule has 0 N–H and O–H groups in total. The van der Waals surface area contributed by atoms with Crippen LogP contribution in [0, 0.1) is 13.8 Å². The van der Waals surface area contributed by atoms with Crippen LogP contribution in [0.1, 0.15) is 88.4 Å². The molecule has 0 amide bonds. The maximum Gasteiger partial charge on any atom is 0.343 e. The molecule has 0 bridgehead atoms. The number of nitrogens with zero attached hydrogens (tertiary/aromatic N) is 2. The van der Waals surface area contributed by atoms with Crippen molar-refractivity contribution in [3.63, 3.8) is 0 Å². The first-order valence-electron chi connectivity index (χ1n) is 16.6. The molecule has 3 aromatic carbocycles. The normalized spacial score (nSPS) is 10.9. The molecule has 0 unspecified atom stereocenters. The summed E-state index contributed by atoms with van der Waals surface area (Å²) in [4.78, 5) is 28.1. The smallest absolute Gasteiger partial charge is 0.343 e. The molecule has 0 atom stereocenters. The molecule has 0 aliphatic carbocycles. The molecule has 0 spiro atoms. The number of esters is 1. The van der Waals surface area contributed by atoms with Crippen LogP contribution in [-0.2, 0) is 19.4 Å². The molecule has 0 aliphatic rings. The van der Waals surface area contributed by atoms with Crippen molar-refractivity contribution in [3.05, 3.63) is 119 Å². The number of carbonyl (C=O) groups is 2. The molecule has 0 radical (unpaired) electrons. The van der Waals surface area contributed by atoms with Crippen LogP contribution in [-0.4, -0.2) is 32.5 Å². The molecule has 6 nitrogen and oxygen atoms in total. The van der Waals surface area contributed by atoms with E-state index >= 15 is 0 Å². The van der Waals surface area contributed by atoms with Gasteiger partial charge in [-0.1, -0.05) is 57.2 Å². The Morgan fingerprint density at radius 3 is 2.07 bits per heavy atom. The highest BCUT2D eigenvalue weighted by Crippen LogP contribution is 2.27. The molecule has 0 fully saturated rings. The van der Waals surface area contributed by atoms with E-state index in [0.29, 0.717) is 23.5 Å². The summed E-state index contributed by atoms with van der Waals surface area (Å²) in [5, 5.41) is 0. The molecule has 1 aromatic heterocycles. The van der Waals surface area contributed by atoms with Gasteiger partial charge in [0.15, 0.2) is 24.7 Å². The van der Waals surface area contributed by atoms with Crippen LogP contribution in [0.4, 0.5) is 5.69 Å². The van der Waals surface area contributed by atoms with E-state index < -0.39 is 0 Å². The predicted octanol–water partition coefficient (Wildman–Crippen LogP) is 8.28. The Kier molecular flexibility index (Phi) is 12.9. The first kappa shape index (κ1) is 34.4. The maximum atomic E-state index is 13.1. The number of rotatable bonds is 17. The number of carbonyl (C=O) groups excluding carboxylic acids is 2. The first-order valence-corrected chi connectivity index (χ1v) is 16.6. The summed E-state index contributed by atoms with van der Waals surface area (Å²) in [6.45, 7) is 7.38. The van der Waals surface area contributed by atoms with Gasteiger partial charge >= 0.3 is 5.97 Å². The largest absolute Gasteiger partial charge is 0.487 e. The fourth-order valence-electron chi connectivity index (χ4n) is 5.41. The summed E-state index contributed by atoms with van der Waals surface area (Å²) >= 11 is 0. The van der Waals surface area contributed by atoms with E-state index in [9.17, 15) is 9.59 Å². The lowest BCUT2D eigenvalue weighted by molar-refractivity contribution is -0.697. The van der Waals surface area contributed by atoms with Gasteiger partial charge in [0, 0.05) is 43.9 Å². The summed E-state index contributed by atoms with van der Waals surface area (Å²) in [6, 6.07) is 22.9. The Bertz CT molecular complexity index is 1560. The van der Waals surface area contributed by atoms with Crippen molar-refractivity contribution in [2.45, 2.75) is 78.7 Å². The van der Waals surface area contributed by atoms with Gasteiger partial charge < -0.3 is 14.4 Å². The Labute approximate surface area is 275 Å². The third-order valence-electron chi connectivity index (χ3n) is 8.60. The first-order chi connectivity index (χ1) is 22.2. The van der Waals surface area contributed by atoms with Crippen LogP contribution in [0.2, 0.25) is 0 Å². The summed E-state index contributed by atoms with van der Waals surface area (Å²) in [5.74, 6) is 0.896. The number of hydrogen-bond acceptors (Lipinski definition) is 5. The highest BCUT2D eigenvalue weighted by atomic mass is 16.5. The Morgan fingerprint density at radius 2 is 1.39 bits per heavy atom. The average Bonchev–Trinajstić information content (AvgIpc) is 3.07. The number of unbranched alkanes of at least 4 members (excludes halogenated alkanes) is 5. The molecule has 4 aromatic rings. The second-order valence-electron chi connectivity index (χ2n) is 12.2. The second kappa shape index (κ2) is 17.3. The minimum atomic E-state index is -0.374. The van der Waals surface area contributed by atoms with Crippen molar-refractivity contribution in [1.82, 2.24) is 0 Å². The number of Topliss-reactive ketones (excluding diaryl/α,β-unsaturated/α-hetero) is 1. The Hall–Kier alpha value is -4.45. The van der Waals surface area contributed by atoms with Gasteiger partial charge in [-0.05, 0) is 91.4 Å². The predicted molar refractivity (Wildman–Crippen MR) is 185 cm³/mol. The molecule has 4 rings (SSSR count). The van der Waals surface area contributed by atoms with Gasteiger partial charge in [0.05, 0.1) is 5.56 Å². The lowest BCUT2D eigenvalue weighted by Crippen LogP contribution is -2.35. The standard InChI is InChI=1S/C40H49N2O4/c1-6-7-8-9-10-11-12-32-13-15-34(16-14-32)40(44)46-39-22-19-35(30(2)31(39)3)29-38(43)33-17-20-37(21-18-33)45-28-27-42-25-23-36(24-26-42)41(4)5/h13-26H,6-12,27-29H2,1-5H3/q+1. The summed E-state index contributed by atoms with van der Waals surface area (Å²) in [6.07, 6.45) is 13.0. The van der Waals surface area contributed by atoms with Gasteiger partial charge in [-0.15, -0.1) is 0 Å². The fraction of sp³-hybridized carbons (Fsp3) is 0.375. The minimum Gasteiger partial charge on any atom is -0.487 e. The summed E-state index contributed by atoms with van der Waals surface area (Å²) in [7, 11) is 4.04. The van der Waals surface area contributed by atoms with Gasteiger partial charge in [-0.25, -0.2) is 9.36 Å². The van der Waals surface area contributed by atoms with E-state index in [1.54, 1.807) is 6.07 Å². The van der Waals surface area contributed by atoms with Crippen molar-refractivity contribution in [3.8, 4) is 11.5 Å². The number of anilines is 1. The Morgan fingerprint density at radius 1 is 0.739 bits per heavy atom. The van der Waals surface area contributed by atoms with Crippen molar-refractivity contribution in [2.24, 2.45) is 0 Å². The third-order valence-corrected chi connectivity index (χ3v) is 8.60. The third kappa shape index (κ3) is 10.0. The summed E-state index contributed by atoms with van der Waals surface area (Å²) in [5.41, 5.74) is 6.29. The zero-order valence-corrected chi connectivity index (χ0v) is 28.2. The van der Waals surface area contributed by atoms with Crippen molar-refractivity contribution < 1.29 is 23.6 Å². The van der Waals surface area contributed by atoms with Gasteiger partial charge in [0.2, 0.25) is 0 Å². The highest BCUT2D eigenvalue weighted by molar-refractivity contribution is 5.98. The van der Waals surface area contributed by atoms with Crippen molar-refractivity contribution in [2.75, 3.05) is 25.6 Å². The second-order valence-corrected chi connectivity index (χ2v) is 12.2. The van der Waals surface area contributed by atoms with Gasteiger partial charge in [0.1, 0.15) is 18.1 Å². The molecule has 6 heteroatoms. The SMILES string of the molecule is CCCCCCCCc1ccc(C(=O)Oc2ccc(CC(=O)c3ccc(OCC[n+]4ccc(N(C)C)cc4)cc3)c(C)c2C)cc1. The Balaban J connectivity index is 1.26. The summed E-state index contributed by atoms with van der Waals surface area (Å²) < 4.78 is 13.8. The molecular weight excluding hydrogens is 572 g/mol.